The van der Waals surface area contributed by atoms with E-state index in [1.165, 1.54) is 0 Å². The molecule has 0 aromatic heterocycles. The second-order valence-electron chi connectivity index (χ2n) is 9.90. The fraction of sp³-hybridized carbons (Fsp3) is 0.950. The smallest absolute Gasteiger partial charge is 0.308 e. The Bertz CT molecular complexity index is 589. The number of rotatable bonds is 1. The van der Waals surface area contributed by atoms with Gasteiger partial charge in [0.05, 0.1) is 12.0 Å². The molecule has 5 nitrogen and oxygen atoms in total. The Kier molecular flexibility index (Phi) is 3.69. The molecule has 2 aliphatic carbocycles. The molecule has 2 N–H and O–H groups in total. The van der Waals surface area contributed by atoms with Crippen molar-refractivity contribution >= 4 is 5.97 Å². The molecule has 2 aliphatic heterocycles. The van der Waals surface area contributed by atoms with Gasteiger partial charge in [0.15, 0.2) is 0 Å². The van der Waals surface area contributed by atoms with E-state index in [2.05, 4.69) is 13.8 Å². The Morgan fingerprint density at radius 2 is 1.88 bits per heavy atom. The topological polar surface area (TPSA) is 76.0 Å². The Labute approximate surface area is 150 Å². The molecule has 4 rings (SSSR count). The molecular formula is C20H32O5. The number of ether oxygens (including phenoxy) is 2. The zero-order valence-corrected chi connectivity index (χ0v) is 15.8. The normalized spacial score (nSPS) is 55.6. The minimum Gasteiger partial charge on any atom is -0.463 e. The first-order chi connectivity index (χ1) is 11.6. The van der Waals surface area contributed by atoms with Crippen molar-refractivity contribution in [3.63, 3.8) is 0 Å². The van der Waals surface area contributed by atoms with Crippen LogP contribution < -0.4 is 0 Å². The first kappa shape index (κ1) is 17.7. The largest absolute Gasteiger partial charge is 0.463 e. The van der Waals surface area contributed by atoms with Crippen LogP contribution in [0.4, 0.5) is 0 Å². The summed E-state index contributed by atoms with van der Waals surface area (Å²) in [6, 6.07) is 0. The maximum Gasteiger partial charge on any atom is 0.308 e. The van der Waals surface area contributed by atoms with Crippen molar-refractivity contribution < 1.29 is 24.5 Å². The third-order valence-electron chi connectivity index (χ3n) is 8.41. The highest BCUT2D eigenvalue weighted by molar-refractivity contribution is 5.73. The molecule has 4 aliphatic rings. The van der Waals surface area contributed by atoms with Gasteiger partial charge in [-0.3, -0.25) is 4.79 Å². The van der Waals surface area contributed by atoms with E-state index >= 15 is 0 Å². The van der Waals surface area contributed by atoms with E-state index in [-0.39, 0.29) is 23.4 Å². The Morgan fingerprint density at radius 1 is 1.12 bits per heavy atom. The van der Waals surface area contributed by atoms with Gasteiger partial charge in [-0.15, -0.1) is 0 Å². The lowest BCUT2D eigenvalue weighted by Gasteiger charge is -2.66. The van der Waals surface area contributed by atoms with Crippen LogP contribution in [0, 0.1) is 16.7 Å². The molecule has 25 heavy (non-hydrogen) atoms. The zero-order chi connectivity index (χ0) is 18.1. The first-order valence-electron chi connectivity index (χ1n) is 9.81. The summed E-state index contributed by atoms with van der Waals surface area (Å²) >= 11 is 0. The lowest BCUT2D eigenvalue weighted by Crippen LogP contribution is -2.70. The highest BCUT2D eigenvalue weighted by Crippen LogP contribution is 2.69. The van der Waals surface area contributed by atoms with Crippen LogP contribution in [-0.4, -0.2) is 46.2 Å². The van der Waals surface area contributed by atoms with Crippen molar-refractivity contribution in [3.05, 3.63) is 0 Å². The number of aliphatic hydroxyl groups excluding tert-OH is 1. The van der Waals surface area contributed by atoms with Crippen LogP contribution >= 0.6 is 0 Å². The van der Waals surface area contributed by atoms with Gasteiger partial charge >= 0.3 is 5.97 Å². The number of esters is 1. The van der Waals surface area contributed by atoms with Crippen LogP contribution in [0.1, 0.15) is 72.1 Å². The molecule has 4 fully saturated rings. The molecule has 0 radical (unpaired) electrons. The van der Waals surface area contributed by atoms with Gasteiger partial charge in [-0.2, -0.15) is 0 Å². The highest BCUT2D eigenvalue weighted by atomic mass is 16.6. The predicted octanol–water partition coefficient (Wildman–Crippen LogP) is 2.57. The third kappa shape index (κ3) is 2.15. The van der Waals surface area contributed by atoms with Gasteiger partial charge in [0.25, 0.3) is 0 Å². The number of fused-ring (bicyclic) bond motifs is 2. The molecule has 0 aromatic rings. The van der Waals surface area contributed by atoms with Crippen LogP contribution in [0.15, 0.2) is 0 Å². The van der Waals surface area contributed by atoms with Crippen LogP contribution in [0.25, 0.3) is 0 Å². The standard InChI is InChI=1S/C20H32O5/c1-16(12-21)6-4-7-17(2)14(16)5-8-18(3,23)20(17)10-9-19(25-20)11-15(22)24-13-19/h14,21,23H,4-13H2,1-3H3/t14-,16?,17-,18+,19+,20-/m0/s1. The minimum absolute atomic E-state index is 0.127. The third-order valence-corrected chi connectivity index (χ3v) is 8.41. The molecule has 5 heteroatoms. The fourth-order valence-electron chi connectivity index (χ4n) is 7.02. The van der Waals surface area contributed by atoms with Gasteiger partial charge in [-0.1, -0.05) is 20.3 Å². The van der Waals surface area contributed by atoms with Crippen molar-refractivity contribution in [1.82, 2.24) is 0 Å². The Balaban J connectivity index is 1.77. The molecule has 2 saturated heterocycles. The molecule has 1 unspecified atom stereocenters. The summed E-state index contributed by atoms with van der Waals surface area (Å²) in [5.74, 6) is 0.116. The van der Waals surface area contributed by atoms with Crippen LogP contribution in [-0.2, 0) is 14.3 Å². The van der Waals surface area contributed by atoms with Crippen LogP contribution in [0.5, 0.6) is 0 Å². The van der Waals surface area contributed by atoms with E-state index in [0.29, 0.717) is 25.4 Å². The minimum atomic E-state index is -0.929. The maximum atomic E-state index is 11.8. The summed E-state index contributed by atoms with van der Waals surface area (Å²) in [5, 5.41) is 21.6. The predicted molar refractivity (Wildman–Crippen MR) is 91.9 cm³/mol. The summed E-state index contributed by atoms with van der Waals surface area (Å²) in [6.45, 7) is 6.85. The van der Waals surface area contributed by atoms with Crippen LogP contribution in [0.2, 0.25) is 0 Å². The summed E-state index contributed by atoms with van der Waals surface area (Å²) < 4.78 is 12.0. The Morgan fingerprint density at radius 3 is 2.52 bits per heavy atom. The number of carbonyl (C=O) groups excluding carboxylic acids is 1. The van der Waals surface area contributed by atoms with E-state index in [1.807, 2.05) is 6.92 Å². The number of hydrogen-bond acceptors (Lipinski definition) is 5. The van der Waals surface area contributed by atoms with Crippen molar-refractivity contribution in [1.29, 1.82) is 0 Å². The van der Waals surface area contributed by atoms with Crippen molar-refractivity contribution in [3.8, 4) is 0 Å². The molecule has 6 atom stereocenters. The van der Waals surface area contributed by atoms with Gasteiger partial charge in [-0.25, -0.2) is 0 Å². The summed E-state index contributed by atoms with van der Waals surface area (Å²) in [5.41, 5.74) is -2.51. The lowest BCUT2D eigenvalue weighted by atomic mass is 9.43. The van der Waals surface area contributed by atoms with E-state index in [9.17, 15) is 15.0 Å². The highest BCUT2D eigenvalue weighted by Gasteiger charge is 2.72. The summed E-state index contributed by atoms with van der Waals surface area (Å²) in [7, 11) is 0. The zero-order valence-electron chi connectivity index (χ0n) is 15.8. The van der Waals surface area contributed by atoms with Gasteiger partial charge < -0.3 is 19.7 Å². The molecule has 142 valence electrons. The number of hydrogen-bond donors (Lipinski definition) is 2. The average molecular weight is 352 g/mol. The van der Waals surface area contributed by atoms with E-state index < -0.39 is 16.8 Å². The van der Waals surface area contributed by atoms with Gasteiger partial charge in [-0.05, 0) is 56.8 Å². The SMILES string of the molecule is CC1(CO)CCC[C@@]2(C)[C@H]1CC[C@@](C)(O)[C@]21CC[C@@]2(COC(=O)C2)O1. The Hall–Kier alpha value is -0.650. The van der Waals surface area contributed by atoms with E-state index in [4.69, 9.17) is 9.47 Å². The lowest BCUT2D eigenvalue weighted by molar-refractivity contribution is -0.300. The summed E-state index contributed by atoms with van der Waals surface area (Å²) in [4.78, 5) is 11.8. The average Bonchev–Trinajstić information content (AvgIpc) is 3.10. The van der Waals surface area contributed by atoms with Crippen molar-refractivity contribution in [2.75, 3.05) is 13.2 Å². The molecule has 2 heterocycles. The van der Waals surface area contributed by atoms with Gasteiger partial charge in [0.2, 0.25) is 0 Å². The second-order valence-corrected chi connectivity index (χ2v) is 9.90. The fourth-order valence-corrected chi connectivity index (χ4v) is 7.02. The molecule has 0 aromatic carbocycles. The van der Waals surface area contributed by atoms with E-state index in [0.717, 1.165) is 38.5 Å². The second kappa shape index (κ2) is 5.20. The van der Waals surface area contributed by atoms with Gasteiger partial charge in [0.1, 0.15) is 17.8 Å². The molecule has 2 spiro atoms. The molecular weight excluding hydrogens is 320 g/mol. The number of aliphatic hydroxyl groups is 2. The maximum absolute atomic E-state index is 11.8. The first-order valence-corrected chi connectivity index (χ1v) is 9.81. The van der Waals surface area contributed by atoms with Crippen LogP contribution in [0.3, 0.4) is 0 Å². The molecule has 2 saturated carbocycles. The molecule has 0 bridgehead atoms. The number of carbonyl (C=O) groups is 1. The van der Waals surface area contributed by atoms with E-state index in [1.54, 1.807) is 0 Å². The monoisotopic (exact) mass is 352 g/mol. The van der Waals surface area contributed by atoms with Crippen molar-refractivity contribution in [2.24, 2.45) is 16.7 Å². The molecule has 0 amide bonds. The van der Waals surface area contributed by atoms with Crippen molar-refractivity contribution in [2.45, 2.75) is 88.9 Å². The number of cyclic esters (lactones) is 1. The van der Waals surface area contributed by atoms with Gasteiger partial charge in [0, 0.05) is 12.0 Å². The quantitative estimate of drug-likeness (QED) is 0.710. The summed E-state index contributed by atoms with van der Waals surface area (Å²) in [6.07, 6.45) is 6.44.